The average Bonchev–Trinajstić information content (AvgIpc) is 3.27. The lowest BCUT2D eigenvalue weighted by molar-refractivity contribution is 0.0346. The summed E-state index contributed by atoms with van der Waals surface area (Å²) in [7, 11) is 0. The molecular weight excluding hydrogens is 342 g/mol. The molecule has 3 aromatic heterocycles. The number of hydrogen-bond donors (Lipinski definition) is 1. The van der Waals surface area contributed by atoms with E-state index in [1.54, 1.807) is 17.5 Å². The van der Waals surface area contributed by atoms with Gasteiger partial charge in [0.2, 0.25) is 0 Å². The van der Waals surface area contributed by atoms with Crippen LogP contribution < -0.4 is 5.73 Å². The third-order valence-corrected chi connectivity index (χ3v) is 5.36. The van der Waals surface area contributed by atoms with Crippen LogP contribution in [0.25, 0.3) is 21.0 Å². The molecule has 0 aliphatic carbocycles. The molecule has 8 heteroatoms. The van der Waals surface area contributed by atoms with Gasteiger partial charge in [0.1, 0.15) is 10.6 Å². The Morgan fingerprint density at radius 3 is 2.75 bits per heavy atom. The van der Waals surface area contributed by atoms with E-state index in [0.717, 1.165) is 48.1 Å². The van der Waals surface area contributed by atoms with Gasteiger partial charge in [-0.1, -0.05) is 13.8 Å². The Labute approximate surface area is 149 Å². The van der Waals surface area contributed by atoms with Gasteiger partial charge in [-0.05, 0) is 6.07 Å². The number of aromatic nitrogens is 3. The highest BCUT2D eigenvalue weighted by Gasteiger charge is 2.15. The first-order valence-corrected chi connectivity index (χ1v) is 9.75. The number of nitrogens with two attached hydrogens (primary N) is 1. The minimum Gasteiger partial charge on any atom is -0.383 e. The second kappa shape index (κ2) is 7.98. The van der Waals surface area contributed by atoms with E-state index in [1.165, 1.54) is 16.2 Å². The number of nitrogen functional groups attached to an aromatic ring is 1. The highest BCUT2D eigenvalue weighted by atomic mass is 32.1. The second-order valence-corrected chi connectivity index (χ2v) is 7.10. The molecule has 3 aromatic rings. The van der Waals surface area contributed by atoms with Gasteiger partial charge in [-0.25, -0.2) is 15.0 Å². The topological polar surface area (TPSA) is 77.2 Å². The lowest BCUT2D eigenvalue weighted by atomic mass is 10.3. The Balaban J connectivity index is 0.000000815. The zero-order valence-corrected chi connectivity index (χ0v) is 15.5. The molecule has 0 radical (unpaired) electrons. The second-order valence-electron chi connectivity index (χ2n) is 5.09. The minimum atomic E-state index is 0.527. The van der Waals surface area contributed by atoms with E-state index in [2.05, 4.69) is 25.9 Å². The number of hydrogen-bond acceptors (Lipinski definition) is 8. The molecule has 1 fully saturated rings. The standard InChI is InChI=1S/C14H15N5OS2.C2H6/c15-11-10-7-9(8-19-2-4-20-5-3-19)22-13(10)18-12(17-11)14-16-1-6-21-14;1-2/h1,6-7H,2-5,8H2,(H2,15,17,18);1-2H3. The molecule has 1 saturated heterocycles. The summed E-state index contributed by atoms with van der Waals surface area (Å²) >= 11 is 3.20. The zero-order chi connectivity index (χ0) is 16.9. The summed E-state index contributed by atoms with van der Waals surface area (Å²) in [4.78, 5) is 17.8. The van der Waals surface area contributed by atoms with E-state index in [0.29, 0.717) is 11.6 Å². The van der Waals surface area contributed by atoms with Gasteiger partial charge in [0.05, 0.1) is 18.6 Å². The third kappa shape index (κ3) is 3.72. The highest BCUT2D eigenvalue weighted by molar-refractivity contribution is 7.18. The molecule has 24 heavy (non-hydrogen) atoms. The van der Waals surface area contributed by atoms with Gasteiger partial charge in [0.15, 0.2) is 10.8 Å². The zero-order valence-electron chi connectivity index (χ0n) is 13.9. The van der Waals surface area contributed by atoms with Crippen molar-refractivity contribution < 1.29 is 4.74 Å². The molecule has 0 unspecified atom stereocenters. The number of thiazole rings is 1. The van der Waals surface area contributed by atoms with E-state index >= 15 is 0 Å². The Morgan fingerprint density at radius 1 is 1.25 bits per heavy atom. The molecule has 4 rings (SSSR count). The van der Waals surface area contributed by atoms with Crippen molar-refractivity contribution in [2.24, 2.45) is 0 Å². The fourth-order valence-electron chi connectivity index (χ4n) is 2.48. The molecule has 2 N–H and O–H groups in total. The van der Waals surface area contributed by atoms with Crippen molar-refractivity contribution in [3.63, 3.8) is 0 Å². The first-order valence-electron chi connectivity index (χ1n) is 8.05. The molecule has 1 aliphatic heterocycles. The first-order chi connectivity index (χ1) is 11.8. The molecule has 0 spiro atoms. The monoisotopic (exact) mass is 363 g/mol. The average molecular weight is 364 g/mol. The molecule has 4 heterocycles. The van der Waals surface area contributed by atoms with Crippen LogP contribution in [-0.2, 0) is 11.3 Å². The molecule has 0 bridgehead atoms. The number of ether oxygens (including phenoxy) is 1. The molecule has 1 aliphatic rings. The van der Waals surface area contributed by atoms with Crippen LogP contribution in [-0.4, -0.2) is 46.2 Å². The SMILES string of the molecule is CC.Nc1nc(-c2nccs2)nc2sc(CN3CCOCC3)cc12. The summed E-state index contributed by atoms with van der Waals surface area (Å²) in [6.45, 7) is 8.47. The summed E-state index contributed by atoms with van der Waals surface area (Å²) in [5.74, 6) is 1.14. The van der Waals surface area contributed by atoms with Crippen LogP contribution >= 0.6 is 22.7 Å². The Kier molecular flexibility index (Phi) is 5.72. The maximum Gasteiger partial charge on any atom is 0.192 e. The van der Waals surface area contributed by atoms with Crippen molar-refractivity contribution in [1.29, 1.82) is 0 Å². The Morgan fingerprint density at radius 2 is 2.04 bits per heavy atom. The lowest BCUT2D eigenvalue weighted by Gasteiger charge is -2.25. The van der Waals surface area contributed by atoms with Crippen molar-refractivity contribution >= 4 is 38.7 Å². The molecule has 128 valence electrons. The van der Waals surface area contributed by atoms with Crippen molar-refractivity contribution in [3.8, 4) is 10.8 Å². The Hall–Kier alpha value is -1.61. The highest BCUT2D eigenvalue weighted by Crippen LogP contribution is 2.31. The van der Waals surface area contributed by atoms with Crippen LogP contribution in [0.4, 0.5) is 5.82 Å². The number of fused-ring (bicyclic) bond motifs is 1. The van der Waals surface area contributed by atoms with Crippen LogP contribution in [0.3, 0.4) is 0 Å². The minimum absolute atomic E-state index is 0.527. The third-order valence-electron chi connectivity index (χ3n) is 3.58. The number of rotatable bonds is 3. The largest absolute Gasteiger partial charge is 0.383 e. The molecule has 0 amide bonds. The van der Waals surface area contributed by atoms with Crippen LogP contribution in [0.1, 0.15) is 18.7 Å². The maximum absolute atomic E-state index is 6.11. The normalized spacial score (nSPS) is 15.2. The van der Waals surface area contributed by atoms with Crippen molar-refractivity contribution in [2.75, 3.05) is 32.0 Å². The summed E-state index contributed by atoms with van der Waals surface area (Å²) in [6, 6.07) is 2.11. The molecule has 0 saturated carbocycles. The molecular formula is C16H21N5OS2. The number of nitrogens with zero attached hydrogens (tertiary/aromatic N) is 4. The predicted molar refractivity (Wildman–Crippen MR) is 100 cm³/mol. The fourth-order valence-corrected chi connectivity index (χ4v) is 4.13. The van der Waals surface area contributed by atoms with E-state index < -0.39 is 0 Å². The van der Waals surface area contributed by atoms with Crippen LogP contribution in [0.2, 0.25) is 0 Å². The van der Waals surface area contributed by atoms with Crippen LogP contribution in [0.5, 0.6) is 0 Å². The van der Waals surface area contributed by atoms with Crippen molar-refractivity contribution in [3.05, 3.63) is 22.5 Å². The van der Waals surface area contributed by atoms with E-state index in [1.807, 2.05) is 19.2 Å². The predicted octanol–water partition coefficient (Wildman–Crippen LogP) is 3.26. The molecule has 6 nitrogen and oxygen atoms in total. The molecule has 0 atom stereocenters. The van der Waals surface area contributed by atoms with Crippen molar-refractivity contribution in [1.82, 2.24) is 19.9 Å². The van der Waals surface area contributed by atoms with Gasteiger partial charge in [-0.15, -0.1) is 22.7 Å². The van der Waals surface area contributed by atoms with Gasteiger partial charge in [0, 0.05) is 36.1 Å². The van der Waals surface area contributed by atoms with E-state index in [9.17, 15) is 0 Å². The lowest BCUT2D eigenvalue weighted by Crippen LogP contribution is -2.35. The fraction of sp³-hybridized carbons (Fsp3) is 0.438. The summed E-state index contributed by atoms with van der Waals surface area (Å²) in [5.41, 5.74) is 6.11. The number of thiophene rings is 1. The summed E-state index contributed by atoms with van der Waals surface area (Å²) in [5, 5.41) is 3.66. The van der Waals surface area contributed by atoms with Gasteiger partial charge in [0.25, 0.3) is 0 Å². The van der Waals surface area contributed by atoms with Gasteiger partial charge < -0.3 is 10.5 Å². The smallest absolute Gasteiger partial charge is 0.192 e. The summed E-state index contributed by atoms with van der Waals surface area (Å²) in [6.07, 6.45) is 1.75. The summed E-state index contributed by atoms with van der Waals surface area (Å²) < 4.78 is 5.39. The van der Waals surface area contributed by atoms with Crippen LogP contribution in [0.15, 0.2) is 17.6 Å². The Bertz CT molecular complexity index is 781. The van der Waals surface area contributed by atoms with Gasteiger partial charge in [-0.2, -0.15) is 0 Å². The van der Waals surface area contributed by atoms with Gasteiger partial charge in [-0.3, -0.25) is 4.90 Å². The van der Waals surface area contributed by atoms with E-state index in [4.69, 9.17) is 10.5 Å². The van der Waals surface area contributed by atoms with Crippen LogP contribution in [0, 0.1) is 0 Å². The number of morpholine rings is 1. The van der Waals surface area contributed by atoms with Crippen molar-refractivity contribution in [2.45, 2.75) is 20.4 Å². The maximum atomic E-state index is 6.11. The quantitative estimate of drug-likeness (QED) is 0.770. The molecule has 0 aromatic carbocycles. The van der Waals surface area contributed by atoms with Gasteiger partial charge >= 0.3 is 0 Å². The van der Waals surface area contributed by atoms with E-state index in [-0.39, 0.29) is 0 Å². The first kappa shape index (κ1) is 17.2. The number of anilines is 1.